The molecule has 0 N–H and O–H groups in total. The normalized spacial score (nSPS) is 24.5. The van der Waals surface area contributed by atoms with Crippen LogP contribution in [0, 0.1) is 0 Å². The summed E-state index contributed by atoms with van der Waals surface area (Å²) < 4.78 is 0. The highest BCUT2D eigenvalue weighted by Gasteiger charge is 2.41. The third kappa shape index (κ3) is 2.67. The van der Waals surface area contributed by atoms with Crippen LogP contribution in [0.4, 0.5) is 0 Å². The summed E-state index contributed by atoms with van der Waals surface area (Å²) in [6.45, 7) is 6.99. The second kappa shape index (κ2) is 5.25. The molecule has 1 unspecified atom stereocenters. The number of nitrogens with zero attached hydrogens (tertiary/aromatic N) is 2. The van der Waals surface area contributed by atoms with Crippen molar-refractivity contribution in [1.29, 1.82) is 0 Å². The topological polar surface area (TPSA) is 33.2 Å². The molecule has 3 rings (SSSR count). The van der Waals surface area contributed by atoms with E-state index in [2.05, 4.69) is 29.5 Å². The third-order valence-corrected chi connectivity index (χ3v) is 6.69. The average Bonchev–Trinajstić information content (AvgIpc) is 2.95. The summed E-state index contributed by atoms with van der Waals surface area (Å²) in [5.41, 5.74) is 2.39. The SMILES string of the molecule is C[Si](C)(C)/C(=C1\CCC2CCC(=O)N12)c1ccc(Cl)nc1. The smallest absolute Gasteiger partial charge is 0.227 e. The molecule has 1 aromatic rings. The van der Waals surface area contributed by atoms with Crippen LogP contribution in [0.2, 0.25) is 24.8 Å². The Balaban J connectivity index is 2.14. The van der Waals surface area contributed by atoms with Crippen molar-refractivity contribution in [3.8, 4) is 0 Å². The fourth-order valence-electron chi connectivity index (χ4n) is 3.61. The lowest BCUT2D eigenvalue weighted by Gasteiger charge is -2.28. The molecule has 2 saturated heterocycles. The summed E-state index contributed by atoms with van der Waals surface area (Å²) in [5.74, 6) is 0.296. The van der Waals surface area contributed by atoms with Crippen LogP contribution >= 0.6 is 11.6 Å². The highest BCUT2D eigenvalue weighted by Crippen LogP contribution is 2.42. The van der Waals surface area contributed by atoms with Crippen LogP contribution in [0.3, 0.4) is 0 Å². The fraction of sp³-hybridized carbons (Fsp3) is 0.500. The van der Waals surface area contributed by atoms with Crippen LogP contribution in [-0.2, 0) is 4.79 Å². The van der Waals surface area contributed by atoms with Gasteiger partial charge in [-0.3, -0.25) is 4.79 Å². The highest BCUT2D eigenvalue weighted by atomic mass is 35.5. The number of carbonyl (C=O) groups excluding carboxylic acids is 1. The van der Waals surface area contributed by atoms with Crippen LogP contribution in [0.1, 0.15) is 31.2 Å². The molecule has 2 aliphatic rings. The lowest BCUT2D eigenvalue weighted by Crippen LogP contribution is -2.31. The van der Waals surface area contributed by atoms with Crippen LogP contribution < -0.4 is 0 Å². The minimum atomic E-state index is -1.60. The number of amides is 1. The highest BCUT2D eigenvalue weighted by molar-refractivity contribution is 6.93. The molecule has 3 heterocycles. The lowest BCUT2D eigenvalue weighted by atomic mass is 10.1. The number of hydrogen-bond acceptors (Lipinski definition) is 2. The molecular formula is C16H21ClN2OSi. The Morgan fingerprint density at radius 2 is 2.00 bits per heavy atom. The van der Waals surface area contributed by atoms with Crippen LogP contribution in [0.5, 0.6) is 0 Å². The molecule has 112 valence electrons. The maximum absolute atomic E-state index is 12.3. The maximum Gasteiger partial charge on any atom is 0.227 e. The number of pyridine rings is 1. The summed E-state index contributed by atoms with van der Waals surface area (Å²) in [6, 6.07) is 4.32. The van der Waals surface area contributed by atoms with E-state index in [0.717, 1.165) is 24.8 Å². The van der Waals surface area contributed by atoms with Gasteiger partial charge in [0, 0.05) is 24.4 Å². The van der Waals surface area contributed by atoms with Crippen molar-refractivity contribution in [1.82, 2.24) is 9.88 Å². The molecule has 1 aromatic heterocycles. The Hall–Kier alpha value is -1.13. The number of aromatic nitrogens is 1. The third-order valence-electron chi connectivity index (χ3n) is 4.39. The Morgan fingerprint density at radius 3 is 2.62 bits per heavy atom. The van der Waals surface area contributed by atoms with Crippen LogP contribution in [-0.4, -0.2) is 29.9 Å². The quantitative estimate of drug-likeness (QED) is 0.607. The van der Waals surface area contributed by atoms with Gasteiger partial charge in [-0.2, -0.15) is 0 Å². The minimum Gasteiger partial charge on any atom is -0.313 e. The fourth-order valence-corrected chi connectivity index (χ4v) is 5.85. The van der Waals surface area contributed by atoms with E-state index >= 15 is 0 Å². The number of halogens is 1. The van der Waals surface area contributed by atoms with E-state index < -0.39 is 8.07 Å². The molecule has 21 heavy (non-hydrogen) atoms. The van der Waals surface area contributed by atoms with Crippen molar-refractivity contribution in [3.63, 3.8) is 0 Å². The van der Waals surface area contributed by atoms with Gasteiger partial charge in [0.25, 0.3) is 0 Å². The first-order valence-electron chi connectivity index (χ1n) is 7.55. The number of fused-ring (bicyclic) bond motifs is 1. The van der Waals surface area contributed by atoms with Crippen molar-refractivity contribution in [2.45, 2.75) is 51.4 Å². The number of allylic oxidation sites excluding steroid dienone is 1. The van der Waals surface area contributed by atoms with Crippen molar-refractivity contribution >= 4 is 30.8 Å². The van der Waals surface area contributed by atoms with Gasteiger partial charge in [0.1, 0.15) is 5.15 Å². The molecule has 5 heteroatoms. The van der Waals surface area contributed by atoms with Gasteiger partial charge >= 0.3 is 0 Å². The molecule has 2 fully saturated rings. The van der Waals surface area contributed by atoms with Gasteiger partial charge in [0.15, 0.2) is 0 Å². The second-order valence-electron chi connectivity index (χ2n) is 6.94. The predicted octanol–water partition coefficient (Wildman–Crippen LogP) is 4.11. The van der Waals surface area contributed by atoms with Gasteiger partial charge in [0.05, 0.1) is 8.07 Å². The van der Waals surface area contributed by atoms with Crippen molar-refractivity contribution < 1.29 is 4.79 Å². The molecule has 0 radical (unpaired) electrons. The first kappa shape index (κ1) is 14.8. The molecule has 0 bridgehead atoms. The van der Waals surface area contributed by atoms with Crippen molar-refractivity contribution in [2.24, 2.45) is 0 Å². The van der Waals surface area contributed by atoms with E-state index in [9.17, 15) is 4.79 Å². The molecule has 0 saturated carbocycles. The average molecular weight is 321 g/mol. The Kier molecular flexibility index (Phi) is 3.70. The van der Waals surface area contributed by atoms with E-state index in [4.69, 9.17) is 11.6 Å². The van der Waals surface area contributed by atoms with Gasteiger partial charge in [-0.1, -0.05) is 37.3 Å². The monoisotopic (exact) mass is 320 g/mol. The second-order valence-corrected chi connectivity index (χ2v) is 12.3. The molecule has 1 amide bonds. The van der Waals surface area contributed by atoms with E-state index in [-0.39, 0.29) is 0 Å². The summed E-state index contributed by atoms with van der Waals surface area (Å²) in [7, 11) is -1.60. The molecule has 3 nitrogen and oxygen atoms in total. The van der Waals surface area contributed by atoms with Crippen molar-refractivity contribution in [3.05, 3.63) is 34.7 Å². The molecule has 1 atom stereocenters. The zero-order chi connectivity index (χ0) is 15.2. The summed E-state index contributed by atoms with van der Waals surface area (Å²) in [5, 5.41) is 1.88. The molecule has 0 spiro atoms. The number of rotatable bonds is 2. The largest absolute Gasteiger partial charge is 0.313 e. The van der Waals surface area contributed by atoms with Gasteiger partial charge < -0.3 is 4.90 Å². The van der Waals surface area contributed by atoms with Gasteiger partial charge in [0.2, 0.25) is 5.91 Å². The Labute approximate surface area is 132 Å². The number of carbonyl (C=O) groups is 1. The first-order valence-corrected chi connectivity index (χ1v) is 11.4. The zero-order valence-electron chi connectivity index (χ0n) is 12.8. The first-order chi connectivity index (χ1) is 9.88. The van der Waals surface area contributed by atoms with Gasteiger partial charge in [-0.05, 0) is 36.1 Å². The molecular weight excluding hydrogens is 300 g/mol. The van der Waals surface area contributed by atoms with Crippen LogP contribution in [0.25, 0.3) is 5.20 Å². The van der Waals surface area contributed by atoms with E-state index in [1.807, 2.05) is 18.3 Å². The van der Waals surface area contributed by atoms with E-state index in [0.29, 0.717) is 23.5 Å². The Bertz CT molecular complexity index is 604. The summed E-state index contributed by atoms with van der Waals surface area (Å²) in [4.78, 5) is 18.6. The van der Waals surface area contributed by atoms with Crippen molar-refractivity contribution in [2.75, 3.05) is 0 Å². The lowest BCUT2D eigenvalue weighted by molar-refractivity contribution is -0.126. The molecule has 0 aromatic carbocycles. The summed E-state index contributed by atoms with van der Waals surface area (Å²) >= 11 is 5.92. The van der Waals surface area contributed by atoms with E-state index in [1.54, 1.807) is 0 Å². The zero-order valence-corrected chi connectivity index (χ0v) is 14.6. The minimum absolute atomic E-state index is 0.296. The summed E-state index contributed by atoms with van der Waals surface area (Å²) in [6.07, 6.45) is 5.69. The predicted molar refractivity (Wildman–Crippen MR) is 88.6 cm³/mol. The van der Waals surface area contributed by atoms with Gasteiger partial charge in [-0.25, -0.2) is 4.98 Å². The standard InChI is InChI=1S/C16H21ClN2OSi/c1-21(2,3)16(11-4-8-14(17)18-10-11)13-7-5-12-6-9-15(20)19(12)13/h4,8,10,12H,5-7,9H2,1-3H3/b16-13+. The molecule has 0 aliphatic carbocycles. The Morgan fingerprint density at radius 1 is 1.29 bits per heavy atom. The number of hydrogen-bond donors (Lipinski definition) is 0. The van der Waals surface area contributed by atoms with E-state index in [1.165, 1.54) is 10.9 Å². The molecule has 2 aliphatic heterocycles. The van der Waals surface area contributed by atoms with Crippen LogP contribution in [0.15, 0.2) is 24.0 Å². The van der Waals surface area contributed by atoms with Gasteiger partial charge in [-0.15, -0.1) is 0 Å². The maximum atomic E-state index is 12.3.